The highest BCUT2D eigenvalue weighted by Crippen LogP contribution is 2.36. The summed E-state index contributed by atoms with van der Waals surface area (Å²) in [5.74, 6) is -0.588. The Morgan fingerprint density at radius 1 is 1.14 bits per heavy atom. The molecule has 1 aliphatic rings. The van der Waals surface area contributed by atoms with Crippen LogP contribution in [0, 0.1) is 17.6 Å². The number of halogens is 3. The van der Waals surface area contributed by atoms with Crippen molar-refractivity contribution in [3.05, 3.63) is 33.8 Å². The average Bonchev–Trinajstić information content (AvgIpc) is 2.42. The SMILES string of the molecule is CCNC(c1c(F)ccc(Br)c1F)C1CCCCCCC1. The summed E-state index contributed by atoms with van der Waals surface area (Å²) >= 11 is 3.18. The van der Waals surface area contributed by atoms with Gasteiger partial charge in [-0.05, 0) is 53.4 Å². The van der Waals surface area contributed by atoms with E-state index in [0.717, 1.165) is 25.7 Å². The van der Waals surface area contributed by atoms with Crippen LogP contribution in [0.2, 0.25) is 0 Å². The summed E-state index contributed by atoms with van der Waals surface area (Å²) in [5, 5.41) is 3.32. The van der Waals surface area contributed by atoms with Gasteiger partial charge in [-0.25, -0.2) is 8.78 Å². The Bertz CT molecular complexity index is 456. The van der Waals surface area contributed by atoms with E-state index in [-0.39, 0.29) is 11.6 Å². The molecular formula is C17H24BrF2N. The van der Waals surface area contributed by atoms with Gasteiger partial charge in [0.1, 0.15) is 11.6 Å². The summed E-state index contributed by atoms with van der Waals surface area (Å²) in [6.07, 6.45) is 8.16. The maximum atomic E-state index is 14.4. The molecule has 0 aliphatic heterocycles. The standard InChI is InChI=1S/C17H24BrF2N/c1-2-21-17(12-8-6-4-3-5-7-9-12)15-14(19)11-10-13(18)16(15)20/h10-12,17,21H,2-9H2,1H3. The van der Waals surface area contributed by atoms with E-state index in [9.17, 15) is 8.78 Å². The van der Waals surface area contributed by atoms with E-state index in [1.807, 2.05) is 6.92 Å². The lowest BCUT2D eigenvalue weighted by molar-refractivity contribution is 0.280. The molecule has 0 heterocycles. The third-order valence-electron chi connectivity index (χ3n) is 4.44. The van der Waals surface area contributed by atoms with E-state index in [2.05, 4.69) is 21.2 Å². The van der Waals surface area contributed by atoms with Crippen molar-refractivity contribution in [2.75, 3.05) is 6.54 Å². The van der Waals surface area contributed by atoms with E-state index >= 15 is 0 Å². The fourth-order valence-electron chi connectivity index (χ4n) is 3.37. The van der Waals surface area contributed by atoms with Crippen molar-refractivity contribution in [2.45, 2.75) is 57.9 Å². The second kappa shape index (κ2) is 8.23. The molecule has 1 unspecified atom stereocenters. The molecule has 1 saturated carbocycles. The van der Waals surface area contributed by atoms with E-state index in [1.165, 1.54) is 31.4 Å². The molecule has 0 saturated heterocycles. The lowest BCUT2D eigenvalue weighted by atomic mass is 9.82. The molecule has 4 heteroatoms. The van der Waals surface area contributed by atoms with Crippen LogP contribution in [0.3, 0.4) is 0 Å². The molecule has 0 aromatic heterocycles. The van der Waals surface area contributed by atoms with Crippen molar-refractivity contribution in [1.82, 2.24) is 5.32 Å². The number of rotatable bonds is 4. The van der Waals surface area contributed by atoms with Crippen molar-refractivity contribution in [3.63, 3.8) is 0 Å². The van der Waals surface area contributed by atoms with Crippen molar-refractivity contribution in [1.29, 1.82) is 0 Å². The molecular weight excluding hydrogens is 336 g/mol. The van der Waals surface area contributed by atoms with Crippen LogP contribution in [0.15, 0.2) is 16.6 Å². The summed E-state index contributed by atoms with van der Waals surface area (Å²) in [7, 11) is 0. The van der Waals surface area contributed by atoms with Gasteiger partial charge in [0.2, 0.25) is 0 Å². The molecule has 1 aromatic carbocycles. The van der Waals surface area contributed by atoms with E-state index in [1.54, 1.807) is 0 Å². The van der Waals surface area contributed by atoms with Crippen LogP contribution < -0.4 is 5.32 Å². The summed E-state index contributed by atoms with van der Waals surface area (Å²) in [5.41, 5.74) is 0.205. The van der Waals surface area contributed by atoms with Gasteiger partial charge in [-0.1, -0.05) is 39.0 Å². The van der Waals surface area contributed by atoms with Gasteiger partial charge >= 0.3 is 0 Å². The third kappa shape index (κ3) is 4.26. The highest BCUT2D eigenvalue weighted by Gasteiger charge is 2.28. The fourth-order valence-corrected chi connectivity index (χ4v) is 3.72. The van der Waals surface area contributed by atoms with Crippen LogP contribution in [-0.2, 0) is 0 Å². The number of nitrogens with one attached hydrogen (secondary N) is 1. The second-order valence-corrected chi connectivity index (χ2v) is 6.75. The molecule has 0 amide bonds. The Hall–Kier alpha value is -0.480. The highest BCUT2D eigenvalue weighted by molar-refractivity contribution is 9.10. The first-order chi connectivity index (χ1) is 10.1. The minimum atomic E-state index is -0.456. The zero-order chi connectivity index (χ0) is 15.2. The molecule has 1 aromatic rings. The van der Waals surface area contributed by atoms with Gasteiger partial charge < -0.3 is 5.32 Å². The molecule has 1 atom stereocenters. The molecule has 0 bridgehead atoms. The van der Waals surface area contributed by atoms with Crippen molar-refractivity contribution in [3.8, 4) is 0 Å². The van der Waals surface area contributed by atoms with E-state index < -0.39 is 11.6 Å². The van der Waals surface area contributed by atoms with E-state index in [4.69, 9.17) is 0 Å². The largest absolute Gasteiger partial charge is 0.310 e. The fraction of sp³-hybridized carbons (Fsp3) is 0.647. The maximum absolute atomic E-state index is 14.4. The van der Waals surface area contributed by atoms with Gasteiger partial charge in [0.25, 0.3) is 0 Å². The first-order valence-electron chi connectivity index (χ1n) is 8.02. The Balaban J connectivity index is 2.31. The zero-order valence-corrected chi connectivity index (χ0v) is 14.2. The highest BCUT2D eigenvalue weighted by atomic mass is 79.9. The topological polar surface area (TPSA) is 12.0 Å². The summed E-state index contributed by atoms with van der Waals surface area (Å²) in [6.45, 7) is 2.70. The maximum Gasteiger partial charge on any atom is 0.145 e. The Morgan fingerprint density at radius 3 is 2.38 bits per heavy atom. The van der Waals surface area contributed by atoms with Gasteiger partial charge in [0.05, 0.1) is 4.47 Å². The van der Waals surface area contributed by atoms with Crippen LogP contribution in [0.5, 0.6) is 0 Å². The first kappa shape index (κ1) is 16.9. The summed E-state index contributed by atoms with van der Waals surface area (Å²) in [6, 6.07) is 2.57. The van der Waals surface area contributed by atoms with Gasteiger partial charge in [0, 0.05) is 11.6 Å². The second-order valence-electron chi connectivity index (χ2n) is 5.90. The molecule has 21 heavy (non-hydrogen) atoms. The van der Waals surface area contributed by atoms with Crippen molar-refractivity contribution >= 4 is 15.9 Å². The molecule has 1 nitrogen and oxygen atoms in total. The lowest BCUT2D eigenvalue weighted by Gasteiger charge is -2.30. The van der Waals surface area contributed by atoms with Crippen LogP contribution in [0.1, 0.15) is 63.5 Å². The first-order valence-corrected chi connectivity index (χ1v) is 8.81. The minimum Gasteiger partial charge on any atom is -0.310 e. The number of hydrogen-bond acceptors (Lipinski definition) is 1. The van der Waals surface area contributed by atoms with Gasteiger partial charge in [-0.15, -0.1) is 0 Å². The molecule has 118 valence electrons. The smallest absolute Gasteiger partial charge is 0.145 e. The van der Waals surface area contributed by atoms with Crippen LogP contribution >= 0.6 is 15.9 Å². The molecule has 1 fully saturated rings. The predicted octanol–water partition coefficient (Wildman–Crippen LogP) is 5.74. The Labute approximate surface area is 134 Å². The number of hydrogen-bond donors (Lipinski definition) is 1. The number of benzene rings is 1. The van der Waals surface area contributed by atoms with Gasteiger partial charge in [-0.2, -0.15) is 0 Å². The minimum absolute atomic E-state index is 0.205. The lowest BCUT2D eigenvalue weighted by Crippen LogP contribution is -2.30. The van der Waals surface area contributed by atoms with Crippen LogP contribution in [0.25, 0.3) is 0 Å². The quantitative estimate of drug-likeness (QED) is 0.676. The third-order valence-corrected chi connectivity index (χ3v) is 5.05. The van der Waals surface area contributed by atoms with E-state index in [0.29, 0.717) is 16.9 Å². The zero-order valence-electron chi connectivity index (χ0n) is 12.6. The van der Waals surface area contributed by atoms with Crippen LogP contribution in [0.4, 0.5) is 8.78 Å². The van der Waals surface area contributed by atoms with Gasteiger partial charge in [0.15, 0.2) is 0 Å². The van der Waals surface area contributed by atoms with Crippen molar-refractivity contribution < 1.29 is 8.78 Å². The molecule has 0 spiro atoms. The Kier molecular flexibility index (Phi) is 6.62. The predicted molar refractivity (Wildman–Crippen MR) is 86.3 cm³/mol. The normalized spacial score (nSPS) is 19.0. The molecule has 1 aliphatic carbocycles. The molecule has 2 rings (SSSR count). The summed E-state index contributed by atoms with van der Waals surface area (Å²) in [4.78, 5) is 0. The van der Waals surface area contributed by atoms with Crippen molar-refractivity contribution in [2.24, 2.45) is 5.92 Å². The average molecular weight is 360 g/mol. The molecule has 0 radical (unpaired) electrons. The van der Waals surface area contributed by atoms with Crippen LogP contribution in [-0.4, -0.2) is 6.54 Å². The monoisotopic (exact) mass is 359 g/mol. The van der Waals surface area contributed by atoms with Gasteiger partial charge in [-0.3, -0.25) is 0 Å². The summed E-state index contributed by atoms with van der Waals surface area (Å²) < 4.78 is 29.0. The Morgan fingerprint density at radius 2 is 1.76 bits per heavy atom. The molecule has 1 N–H and O–H groups in total.